The molecule has 3 aromatic rings. The maximum Gasteiger partial charge on any atom is 0.158 e. The topological polar surface area (TPSA) is 45.5 Å². The van der Waals surface area contributed by atoms with Crippen molar-refractivity contribution in [2.24, 2.45) is 0 Å². The van der Waals surface area contributed by atoms with Crippen LogP contribution in [0.15, 0.2) is 67.3 Å². The van der Waals surface area contributed by atoms with E-state index in [0.717, 1.165) is 31.2 Å². The second-order valence-corrected chi connectivity index (χ2v) is 8.50. The number of rotatable bonds is 9. The van der Waals surface area contributed by atoms with E-state index in [1.165, 1.54) is 5.56 Å². The minimum absolute atomic E-state index is 0.0127. The predicted octanol–water partition coefficient (Wildman–Crippen LogP) is 6.06. The molecule has 1 aromatic heterocycles. The number of imidazole rings is 1. The smallest absolute Gasteiger partial charge is 0.158 e. The minimum Gasteiger partial charge on any atom is -0.355 e. The van der Waals surface area contributed by atoms with Crippen LogP contribution in [0.4, 0.5) is 0 Å². The Kier molecular flexibility index (Phi) is 8.00. The first kappa shape index (κ1) is 22.3. The highest BCUT2D eigenvalue weighted by Crippen LogP contribution is 2.26. The first-order chi connectivity index (χ1) is 15.2. The zero-order valence-electron chi connectivity index (χ0n) is 17.2. The summed E-state index contributed by atoms with van der Waals surface area (Å²) in [6, 6.07) is 15.7. The third-order valence-electron chi connectivity index (χ3n) is 5.34. The number of hydrogen-bond donors (Lipinski definition) is 0. The standard InChI is InChI=1S/C24H26Cl2N2O3/c25-20-10-9-19(22(26)14-20)15-30-24-8-4-7-21(31-24)16-29-23(28-12-11-27-17-28)13-18-5-2-1-3-6-18/h1-3,5-6,9-12,14,17,21,23-24H,4,7-8,13,15-16H2/t21-,23?,24+/m1/s1. The SMILES string of the molecule is Clc1ccc(CO[C@@H]2CCC[C@H](COC(Cc3ccccc3)n3ccnc3)O2)c(Cl)c1. The molecule has 1 aliphatic heterocycles. The first-order valence-electron chi connectivity index (χ1n) is 10.5. The molecule has 2 aromatic carbocycles. The van der Waals surface area contributed by atoms with E-state index < -0.39 is 0 Å². The molecule has 0 radical (unpaired) electrons. The van der Waals surface area contributed by atoms with Crippen molar-refractivity contribution in [2.45, 2.75) is 50.9 Å². The van der Waals surface area contributed by atoms with Gasteiger partial charge in [-0.1, -0.05) is 59.6 Å². The van der Waals surface area contributed by atoms with Gasteiger partial charge < -0.3 is 18.8 Å². The third kappa shape index (κ3) is 6.55. The van der Waals surface area contributed by atoms with Crippen molar-refractivity contribution in [2.75, 3.05) is 6.61 Å². The maximum absolute atomic E-state index is 6.28. The van der Waals surface area contributed by atoms with Gasteiger partial charge in [-0.15, -0.1) is 0 Å². The lowest BCUT2D eigenvalue weighted by Crippen LogP contribution is -2.33. The zero-order chi connectivity index (χ0) is 21.5. The highest BCUT2D eigenvalue weighted by molar-refractivity contribution is 6.35. The van der Waals surface area contributed by atoms with E-state index in [2.05, 4.69) is 17.1 Å². The molecule has 1 saturated heterocycles. The molecule has 31 heavy (non-hydrogen) atoms. The van der Waals surface area contributed by atoms with E-state index in [1.54, 1.807) is 18.6 Å². The van der Waals surface area contributed by atoms with Gasteiger partial charge in [-0.2, -0.15) is 0 Å². The summed E-state index contributed by atoms with van der Waals surface area (Å²) in [6.07, 6.45) is 8.66. The fraction of sp³-hybridized carbons (Fsp3) is 0.375. The van der Waals surface area contributed by atoms with Gasteiger partial charge in [-0.25, -0.2) is 4.98 Å². The molecule has 1 aliphatic rings. The number of ether oxygens (including phenoxy) is 3. The van der Waals surface area contributed by atoms with Crippen LogP contribution < -0.4 is 0 Å². The van der Waals surface area contributed by atoms with E-state index in [4.69, 9.17) is 37.4 Å². The fourth-order valence-electron chi connectivity index (χ4n) is 3.65. The lowest BCUT2D eigenvalue weighted by atomic mass is 10.1. The van der Waals surface area contributed by atoms with Crippen molar-refractivity contribution in [3.8, 4) is 0 Å². The molecule has 3 atom stereocenters. The molecule has 1 unspecified atom stereocenters. The van der Waals surface area contributed by atoms with Gasteiger partial charge in [-0.05, 0) is 42.5 Å². The van der Waals surface area contributed by atoms with E-state index >= 15 is 0 Å². The quantitative estimate of drug-likeness (QED) is 0.389. The average Bonchev–Trinajstić information content (AvgIpc) is 3.32. The van der Waals surface area contributed by atoms with Crippen LogP contribution in [0.2, 0.25) is 10.0 Å². The highest BCUT2D eigenvalue weighted by Gasteiger charge is 2.25. The minimum atomic E-state index is -0.269. The van der Waals surface area contributed by atoms with Gasteiger partial charge in [0.25, 0.3) is 0 Å². The van der Waals surface area contributed by atoms with Crippen molar-refractivity contribution in [1.29, 1.82) is 0 Å². The first-order valence-corrected chi connectivity index (χ1v) is 11.3. The zero-order valence-corrected chi connectivity index (χ0v) is 18.7. The van der Waals surface area contributed by atoms with Crippen LogP contribution >= 0.6 is 23.2 Å². The second kappa shape index (κ2) is 11.1. The summed E-state index contributed by atoms with van der Waals surface area (Å²) in [6.45, 7) is 0.886. The maximum atomic E-state index is 6.28. The molecule has 2 heterocycles. The van der Waals surface area contributed by atoms with Gasteiger partial charge in [0.15, 0.2) is 6.29 Å². The van der Waals surface area contributed by atoms with Crippen LogP contribution in [-0.2, 0) is 27.2 Å². The Labute approximate surface area is 192 Å². The fourth-order valence-corrected chi connectivity index (χ4v) is 4.12. The Morgan fingerprint density at radius 2 is 2.00 bits per heavy atom. The summed E-state index contributed by atoms with van der Waals surface area (Å²) in [5, 5.41) is 1.22. The molecule has 0 amide bonds. The summed E-state index contributed by atoms with van der Waals surface area (Å²) in [4.78, 5) is 4.17. The Bertz CT molecular complexity index is 937. The highest BCUT2D eigenvalue weighted by atomic mass is 35.5. The van der Waals surface area contributed by atoms with Crippen LogP contribution in [0, 0.1) is 0 Å². The third-order valence-corrected chi connectivity index (χ3v) is 5.92. The van der Waals surface area contributed by atoms with Crippen molar-refractivity contribution in [3.63, 3.8) is 0 Å². The van der Waals surface area contributed by atoms with Crippen molar-refractivity contribution < 1.29 is 14.2 Å². The Balaban J connectivity index is 1.30. The van der Waals surface area contributed by atoms with Crippen LogP contribution in [-0.4, -0.2) is 28.6 Å². The van der Waals surface area contributed by atoms with Crippen LogP contribution in [0.3, 0.4) is 0 Å². The molecule has 0 aliphatic carbocycles. The summed E-state index contributed by atoms with van der Waals surface area (Å²) in [5.74, 6) is 0. The van der Waals surface area contributed by atoms with E-state index in [0.29, 0.717) is 23.3 Å². The largest absolute Gasteiger partial charge is 0.355 e. The molecule has 0 spiro atoms. The van der Waals surface area contributed by atoms with Gasteiger partial charge in [0.05, 0.1) is 25.6 Å². The summed E-state index contributed by atoms with van der Waals surface area (Å²) < 4.78 is 20.4. The molecular formula is C24H26Cl2N2O3. The lowest BCUT2D eigenvalue weighted by Gasteiger charge is -2.31. The molecular weight excluding hydrogens is 435 g/mol. The molecule has 0 N–H and O–H groups in total. The number of hydrogen-bond acceptors (Lipinski definition) is 4. The molecule has 1 fully saturated rings. The Morgan fingerprint density at radius 1 is 1.13 bits per heavy atom. The van der Waals surface area contributed by atoms with Crippen molar-refractivity contribution in [3.05, 3.63) is 88.4 Å². The normalized spacial score (nSPS) is 19.9. The number of halogens is 2. The number of benzene rings is 2. The Morgan fingerprint density at radius 3 is 2.77 bits per heavy atom. The summed E-state index contributed by atoms with van der Waals surface area (Å²) in [5.41, 5.74) is 2.11. The van der Waals surface area contributed by atoms with Gasteiger partial charge in [0, 0.05) is 28.9 Å². The molecule has 4 rings (SSSR count). The van der Waals surface area contributed by atoms with E-state index in [9.17, 15) is 0 Å². The molecule has 7 heteroatoms. The van der Waals surface area contributed by atoms with Crippen LogP contribution in [0.1, 0.15) is 36.6 Å². The van der Waals surface area contributed by atoms with Crippen LogP contribution in [0.5, 0.6) is 0 Å². The average molecular weight is 461 g/mol. The van der Waals surface area contributed by atoms with Gasteiger partial charge in [0.1, 0.15) is 6.23 Å². The van der Waals surface area contributed by atoms with Gasteiger partial charge in [-0.3, -0.25) is 0 Å². The number of aromatic nitrogens is 2. The van der Waals surface area contributed by atoms with Crippen molar-refractivity contribution >= 4 is 23.2 Å². The summed E-state index contributed by atoms with van der Waals surface area (Å²) in [7, 11) is 0. The van der Waals surface area contributed by atoms with Crippen LogP contribution in [0.25, 0.3) is 0 Å². The molecule has 164 valence electrons. The molecule has 0 bridgehead atoms. The molecule has 0 saturated carbocycles. The van der Waals surface area contributed by atoms with Crippen molar-refractivity contribution in [1.82, 2.24) is 9.55 Å². The monoisotopic (exact) mass is 460 g/mol. The Hall–Kier alpha value is -1.89. The van der Waals surface area contributed by atoms with Gasteiger partial charge >= 0.3 is 0 Å². The lowest BCUT2D eigenvalue weighted by molar-refractivity contribution is -0.215. The predicted molar refractivity (Wildman–Crippen MR) is 121 cm³/mol. The molecule has 5 nitrogen and oxygen atoms in total. The van der Waals surface area contributed by atoms with E-state index in [1.807, 2.05) is 41.1 Å². The van der Waals surface area contributed by atoms with E-state index in [-0.39, 0.29) is 18.6 Å². The van der Waals surface area contributed by atoms with Gasteiger partial charge in [0.2, 0.25) is 0 Å². The second-order valence-electron chi connectivity index (χ2n) is 7.65. The number of nitrogens with zero attached hydrogens (tertiary/aromatic N) is 2. The summed E-state index contributed by atoms with van der Waals surface area (Å²) >= 11 is 12.2.